The third kappa shape index (κ3) is 4.24. The van der Waals surface area contributed by atoms with E-state index in [1.807, 2.05) is 13.8 Å². The van der Waals surface area contributed by atoms with Gasteiger partial charge >= 0.3 is 0 Å². The minimum absolute atomic E-state index is 0.00654. The average molecular weight is 312 g/mol. The van der Waals surface area contributed by atoms with Gasteiger partial charge in [-0.15, -0.1) is 0 Å². The highest BCUT2D eigenvalue weighted by Crippen LogP contribution is 2.26. The molecule has 0 spiro atoms. The lowest BCUT2D eigenvalue weighted by molar-refractivity contribution is -0.385. The molecule has 2 N–H and O–H groups in total. The molecule has 1 rings (SSSR count). The monoisotopic (exact) mass is 312 g/mol. The Morgan fingerprint density at radius 1 is 1.45 bits per heavy atom. The van der Waals surface area contributed by atoms with Crippen molar-refractivity contribution < 1.29 is 19.2 Å². The number of rotatable bonds is 6. The van der Waals surface area contributed by atoms with E-state index < -0.39 is 33.9 Å². The van der Waals surface area contributed by atoms with Crippen LogP contribution in [0.15, 0.2) is 18.2 Å². The molecule has 0 saturated heterocycles. The van der Waals surface area contributed by atoms with Crippen molar-refractivity contribution in [2.75, 3.05) is 6.54 Å². The molecule has 1 unspecified atom stereocenters. The highest BCUT2D eigenvalue weighted by molar-refractivity contribution is 5.98. The van der Waals surface area contributed by atoms with Gasteiger partial charge in [-0.3, -0.25) is 14.9 Å². The van der Waals surface area contributed by atoms with Gasteiger partial charge < -0.3 is 10.4 Å². The summed E-state index contributed by atoms with van der Waals surface area (Å²) in [7, 11) is 0. The standard InChI is InChI=1S/C15H21FN2O4/c1-9(2)13(19)15(3,4)8-17-14(20)11-6-5-10(16)7-12(11)18(21)22/h5-7,9,13,19H,8H2,1-4H3,(H,17,20). The molecule has 1 aromatic rings. The van der Waals surface area contributed by atoms with Crippen LogP contribution in [0, 0.1) is 27.3 Å². The lowest BCUT2D eigenvalue weighted by atomic mass is 9.80. The van der Waals surface area contributed by atoms with Crippen molar-refractivity contribution in [2.24, 2.45) is 11.3 Å². The molecule has 0 aliphatic rings. The zero-order chi connectivity index (χ0) is 17.1. The SMILES string of the molecule is CC(C)C(O)C(C)(C)CNC(=O)c1ccc(F)cc1[N+](=O)[O-]. The number of hydrogen-bond donors (Lipinski definition) is 2. The molecular formula is C15H21FN2O4. The van der Waals surface area contributed by atoms with Gasteiger partial charge in [-0.2, -0.15) is 0 Å². The van der Waals surface area contributed by atoms with E-state index in [2.05, 4.69) is 5.32 Å². The summed E-state index contributed by atoms with van der Waals surface area (Å²) in [6.45, 7) is 7.44. The molecule has 122 valence electrons. The van der Waals surface area contributed by atoms with Crippen LogP contribution in [-0.2, 0) is 0 Å². The van der Waals surface area contributed by atoms with Gasteiger partial charge in [0.25, 0.3) is 11.6 Å². The molecule has 1 atom stereocenters. The fraction of sp³-hybridized carbons (Fsp3) is 0.533. The first-order chi connectivity index (χ1) is 10.1. The highest BCUT2D eigenvalue weighted by Gasteiger charge is 2.31. The second kappa shape index (κ2) is 6.83. The summed E-state index contributed by atoms with van der Waals surface area (Å²) >= 11 is 0. The molecule has 22 heavy (non-hydrogen) atoms. The van der Waals surface area contributed by atoms with Crippen molar-refractivity contribution in [3.8, 4) is 0 Å². The first-order valence-corrected chi connectivity index (χ1v) is 6.96. The van der Waals surface area contributed by atoms with Crippen LogP contribution in [0.2, 0.25) is 0 Å². The minimum Gasteiger partial charge on any atom is -0.392 e. The number of nitrogens with zero attached hydrogens (tertiary/aromatic N) is 1. The fourth-order valence-corrected chi connectivity index (χ4v) is 2.26. The Balaban J connectivity index is 2.89. The van der Waals surface area contributed by atoms with Crippen molar-refractivity contribution >= 4 is 11.6 Å². The Bertz CT molecular complexity index is 573. The zero-order valence-electron chi connectivity index (χ0n) is 13.1. The van der Waals surface area contributed by atoms with Gasteiger partial charge in [-0.1, -0.05) is 27.7 Å². The average Bonchev–Trinajstić information content (AvgIpc) is 2.43. The second-order valence-electron chi connectivity index (χ2n) is 6.28. The lowest BCUT2D eigenvalue weighted by Crippen LogP contribution is -2.43. The molecule has 0 aliphatic carbocycles. The number of nitro groups is 1. The molecule has 7 heteroatoms. The maximum Gasteiger partial charge on any atom is 0.285 e. The molecule has 0 saturated carbocycles. The van der Waals surface area contributed by atoms with Crippen LogP contribution in [0.4, 0.5) is 10.1 Å². The number of aliphatic hydroxyl groups excluding tert-OH is 1. The van der Waals surface area contributed by atoms with E-state index in [0.717, 1.165) is 12.1 Å². The van der Waals surface area contributed by atoms with Gasteiger partial charge in [0.05, 0.1) is 17.1 Å². The van der Waals surface area contributed by atoms with Crippen LogP contribution in [0.3, 0.4) is 0 Å². The summed E-state index contributed by atoms with van der Waals surface area (Å²) in [6, 6.07) is 2.79. The van der Waals surface area contributed by atoms with E-state index in [1.54, 1.807) is 13.8 Å². The van der Waals surface area contributed by atoms with Crippen molar-refractivity contribution in [2.45, 2.75) is 33.8 Å². The molecule has 0 aliphatic heterocycles. The smallest absolute Gasteiger partial charge is 0.285 e. The van der Waals surface area contributed by atoms with Crippen LogP contribution in [0.5, 0.6) is 0 Å². The summed E-state index contributed by atoms with van der Waals surface area (Å²) in [4.78, 5) is 22.2. The number of halogens is 1. The zero-order valence-corrected chi connectivity index (χ0v) is 13.1. The molecule has 1 aromatic carbocycles. The Hall–Kier alpha value is -2.02. The predicted molar refractivity (Wildman–Crippen MR) is 80.0 cm³/mol. The maximum atomic E-state index is 13.1. The number of carbonyl (C=O) groups is 1. The quantitative estimate of drug-likeness (QED) is 0.623. The fourth-order valence-electron chi connectivity index (χ4n) is 2.26. The summed E-state index contributed by atoms with van der Waals surface area (Å²) in [5, 5.41) is 23.6. The Morgan fingerprint density at radius 2 is 2.05 bits per heavy atom. The Labute approximate surface area is 128 Å². The summed E-state index contributed by atoms with van der Waals surface area (Å²) in [5.41, 5.74) is -1.39. The molecule has 0 aromatic heterocycles. The van der Waals surface area contributed by atoms with Crippen LogP contribution in [0.1, 0.15) is 38.1 Å². The summed E-state index contributed by atoms with van der Waals surface area (Å²) in [5.74, 6) is -1.44. The van der Waals surface area contributed by atoms with E-state index in [-0.39, 0.29) is 18.0 Å². The highest BCUT2D eigenvalue weighted by atomic mass is 19.1. The molecule has 0 bridgehead atoms. The molecule has 0 radical (unpaired) electrons. The van der Waals surface area contributed by atoms with Crippen molar-refractivity contribution in [1.29, 1.82) is 0 Å². The van der Waals surface area contributed by atoms with Gasteiger partial charge in [-0.05, 0) is 18.1 Å². The van der Waals surface area contributed by atoms with Gasteiger partial charge in [0.2, 0.25) is 0 Å². The molecule has 0 heterocycles. The number of nitrogens with one attached hydrogen (secondary N) is 1. The lowest BCUT2D eigenvalue weighted by Gasteiger charge is -2.33. The van der Waals surface area contributed by atoms with Gasteiger partial charge in [-0.25, -0.2) is 4.39 Å². The van der Waals surface area contributed by atoms with Crippen LogP contribution in [-0.4, -0.2) is 28.6 Å². The molecule has 1 amide bonds. The number of carbonyl (C=O) groups excluding carboxylic acids is 1. The van der Waals surface area contributed by atoms with Crippen LogP contribution in [0.25, 0.3) is 0 Å². The van der Waals surface area contributed by atoms with E-state index in [1.165, 1.54) is 0 Å². The minimum atomic E-state index is -0.800. The summed E-state index contributed by atoms with van der Waals surface area (Å²) in [6.07, 6.45) is -0.643. The van der Waals surface area contributed by atoms with E-state index in [0.29, 0.717) is 6.07 Å². The van der Waals surface area contributed by atoms with E-state index in [4.69, 9.17) is 0 Å². The first kappa shape index (κ1) is 18.0. The van der Waals surface area contributed by atoms with Gasteiger partial charge in [0, 0.05) is 12.0 Å². The maximum absolute atomic E-state index is 13.1. The third-order valence-corrected chi connectivity index (χ3v) is 3.54. The molecular weight excluding hydrogens is 291 g/mol. The number of hydrogen-bond acceptors (Lipinski definition) is 4. The Kier molecular flexibility index (Phi) is 5.59. The third-order valence-electron chi connectivity index (χ3n) is 3.54. The number of benzene rings is 1. The van der Waals surface area contributed by atoms with E-state index >= 15 is 0 Å². The molecule has 6 nitrogen and oxygen atoms in total. The van der Waals surface area contributed by atoms with Crippen LogP contribution < -0.4 is 5.32 Å². The second-order valence-corrected chi connectivity index (χ2v) is 6.28. The van der Waals surface area contributed by atoms with Gasteiger partial charge in [0.1, 0.15) is 11.4 Å². The first-order valence-electron chi connectivity index (χ1n) is 6.96. The van der Waals surface area contributed by atoms with Crippen LogP contribution >= 0.6 is 0 Å². The van der Waals surface area contributed by atoms with E-state index in [9.17, 15) is 24.4 Å². The van der Waals surface area contributed by atoms with Crippen molar-refractivity contribution in [3.05, 3.63) is 39.7 Å². The normalized spacial score (nSPS) is 13.0. The summed E-state index contributed by atoms with van der Waals surface area (Å²) < 4.78 is 13.1. The predicted octanol–water partition coefficient (Wildman–Crippen LogP) is 2.51. The largest absolute Gasteiger partial charge is 0.392 e. The van der Waals surface area contributed by atoms with Gasteiger partial charge in [0.15, 0.2) is 0 Å². The number of nitro benzene ring substituents is 1. The number of amides is 1. The molecule has 0 fully saturated rings. The number of aliphatic hydroxyl groups is 1. The van der Waals surface area contributed by atoms with Crippen molar-refractivity contribution in [3.63, 3.8) is 0 Å². The van der Waals surface area contributed by atoms with Crippen molar-refractivity contribution in [1.82, 2.24) is 5.32 Å². The topological polar surface area (TPSA) is 92.5 Å². The Morgan fingerprint density at radius 3 is 2.55 bits per heavy atom.